The summed E-state index contributed by atoms with van der Waals surface area (Å²) in [5.74, 6) is -0.524. The van der Waals surface area contributed by atoms with E-state index in [2.05, 4.69) is 19.9 Å². The smallest absolute Gasteiger partial charge is 0.336 e. The lowest BCUT2D eigenvalue weighted by molar-refractivity contribution is 0.0698. The second-order valence-electron chi connectivity index (χ2n) is 12.7. The van der Waals surface area contributed by atoms with Crippen molar-refractivity contribution in [1.82, 2.24) is 24.5 Å². The van der Waals surface area contributed by atoms with Gasteiger partial charge in [-0.15, -0.1) is 0 Å². The number of benzene rings is 3. The summed E-state index contributed by atoms with van der Waals surface area (Å²) in [6.07, 6.45) is 3.39. The molecule has 0 spiro atoms. The number of rotatable bonds is 8. The Kier molecular flexibility index (Phi) is 8.40. The molecule has 12 heteroatoms. The van der Waals surface area contributed by atoms with Gasteiger partial charge in [-0.3, -0.25) is 14.6 Å². The number of aromatic amines is 1. The summed E-state index contributed by atoms with van der Waals surface area (Å²) in [6.45, 7) is 9.24. The highest BCUT2D eigenvalue weighted by Crippen LogP contribution is 2.43. The Labute approximate surface area is 293 Å². The molecular formula is C37H36Cl2N6O4. The average molecular weight is 700 g/mol. The predicted octanol–water partition coefficient (Wildman–Crippen LogP) is 8.22. The number of carbonyl (C=O) groups excluding carboxylic acids is 1. The highest BCUT2D eigenvalue weighted by Gasteiger charge is 2.33. The molecule has 2 N–H and O–H groups in total. The summed E-state index contributed by atoms with van der Waals surface area (Å²) in [5.41, 5.74) is 8.97. The van der Waals surface area contributed by atoms with E-state index < -0.39 is 5.97 Å². The molecule has 0 saturated heterocycles. The molecule has 3 aromatic heterocycles. The second kappa shape index (κ2) is 12.6. The maximum Gasteiger partial charge on any atom is 0.336 e. The minimum atomic E-state index is -1.08. The number of aromatic carboxylic acids is 1. The van der Waals surface area contributed by atoms with Gasteiger partial charge in [0.2, 0.25) is 0 Å². The lowest BCUT2D eigenvalue weighted by atomic mass is 9.98. The van der Waals surface area contributed by atoms with Gasteiger partial charge >= 0.3 is 5.97 Å². The van der Waals surface area contributed by atoms with E-state index in [1.807, 2.05) is 58.0 Å². The third-order valence-electron chi connectivity index (χ3n) is 9.51. The molecule has 1 aliphatic rings. The number of hydrogen-bond donors (Lipinski definition) is 2. The second-order valence-corrected chi connectivity index (χ2v) is 13.5. The molecule has 0 atom stereocenters. The number of carboxylic acids is 1. The third-order valence-corrected chi connectivity index (χ3v) is 10.4. The lowest BCUT2D eigenvalue weighted by Gasteiger charge is -2.22. The van der Waals surface area contributed by atoms with Gasteiger partial charge in [-0.25, -0.2) is 4.79 Å². The summed E-state index contributed by atoms with van der Waals surface area (Å²) in [4.78, 5) is 28.9. The first kappa shape index (κ1) is 32.7. The van der Waals surface area contributed by atoms with Crippen LogP contribution >= 0.6 is 23.2 Å². The first-order valence-electron chi connectivity index (χ1n) is 16.2. The zero-order valence-corrected chi connectivity index (χ0v) is 29.5. The molecule has 4 heterocycles. The number of fused-ring (bicyclic) bond motifs is 4. The fraction of sp³-hybridized carbons (Fsp3) is 0.297. The van der Waals surface area contributed by atoms with E-state index in [1.54, 1.807) is 28.9 Å². The van der Waals surface area contributed by atoms with E-state index >= 15 is 0 Å². The lowest BCUT2D eigenvalue weighted by Crippen LogP contribution is -2.32. The SMILES string of the molecule is Cc1cc(OCCCc2c3n(c4c(-c5c(C)n[nH]c5C)c(Cl)ccc24)CCCN(c2cc(C(=O)O)c4cnn(C)c4c2)C3=O)cc(C)c1Cl. The molecule has 1 aliphatic heterocycles. The number of aryl methyl sites for hydroxylation is 7. The first-order valence-corrected chi connectivity index (χ1v) is 17.0. The zero-order chi connectivity index (χ0) is 34.7. The molecule has 1 amide bonds. The van der Waals surface area contributed by atoms with Crippen molar-refractivity contribution in [3.63, 3.8) is 0 Å². The van der Waals surface area contributed by atoms with Crippen molar-refractivity contribution in [3.8, 4) is 16.9 Å². The molecule has 0 radical (unpaired) electrons. The van der Waals surface area contributed by atoms with Crippen molar-refractivity contribution in [1.29, 1.82) is 0 Å². The molecule has 252 valence electrons. The molecule has 0 bridgehead atoms. The summed E-state index contributed by atoms with van der Waals surface area (Å²) in [6, 6.07) is 11.2. The molecule has 0 unspecified atom stereocenters. The number of nitrogens with zero attached hydrogens (tertiary/aromatic N) is 5. The van der Waals surface area contributed by atoms with Gasteiger partial charge in [0, 0.05) is 58.4 Å². The third kappa shape index (κ3) is 5.53. The van der Waals surface area contributed by atoms with Gasteiger partial charge in [0.25, 0.3) is 5.91 Å². The van der Waals surface area contributed by atoms with Crippen LogP contribution in [0, 0.1) is 27.7 Å². The van der Waals surface area contributed by atoms with E-state index in [9.17, 15) is 14.7 Å². The van der Waals surface area contributed by atoms with Crippen molar-refractivity contribution < 1.29 is 19.4 Å². The van der Waals surface area contributed by atoms with Crippen LogP contribution in [0.2, 0.25) is 10.0 Å². The molecule has 0 saturated carbocycles. The number of H-pyrrole nitrogens is 1. The number of aromatic nitrogens is 5. The minimum Gasteiger partial charge on any atom is -0.494 e. The first-order chi connectivity index (χ1) is 23.5. The van der Waals surface area contributed by atoms with Crippen LogP contribution in [0.4, 0.5) is 5.69 Å². The number of halogens is 2. The Morgan fingerprint density at radius 1 is 1.02 bits per heavy atom. The maximum absolute atomic E-state index is 14.9. The standard InChI is InChI=1S/C37H36Cl2N6O4/c1-19-14-24(15-20(2)33(19)39)49-13-6-8-25-26-9-10-29(38)32(31-21(3)41-42-22(31)4)34(26)45-12-7-11-44(36(46)35(25)45)23-16-27(37(47)48)28-18-40-43(5)30(28)17-23/h9-10,14-18H,6-8,11-13H2,1-5H3,(H,41,42)(H,47,48). The monoisotopic (exact) mass is 698 g/mol. The van der Waals surface area contributed by atoms with Gasteiger partial charge in [-0.2, -0.15) is 10.2 Å². The van der Waals surface area contributed by atoms with E-state index in [0.717, 1.165) is 60.9 Å². The number of ether oxygens (including phenoxy) is 1. The van der Waals surface area contributed by atoms with Crippen LogP contribution in [-0.4, -0.2) is 54.7 Å². The largest absolute Gasteiger partial charge is 0.494 e. The molecule has 49 heavy (non-hydrogen) atoms. The van der Waals surface area contributed by atoms with Crippen molar-refractivity contribution in [3.05, 3.63) is 92.0 Å². The van der Waals surface area contributed by atoms with E-state index in [1.165, 1.54) is 0 Å². The molecule has 6 aromatic rings. The zero-order valence-electron chi connectivity index (χ0n) is 27.9. The van der Waals surface area contributed by atoms with Crippen LogP contribution in [0.15, 0.2) is 42.6 Å². The van der Waals surface area contributed by atoms with Crippen molar-refractivity contribution in [2.45, 2.75) is 53.5 Å². The number of anilines is 1. The van der Waals surface area contributed by atoms with Gasteiger partial charge in [-0.05, 0) is 94.0 Å². The Bertz CT molecular complexity index is 2270. The molecular weight excluding hydrogens is 663 g/mol. The quantitative estimate of drug-likeness (QED) is 0.155. The van der Waals surface area contributed by atoms with Crippen LogP contribution in [0.1, 0.15) is 61.8 Å². The topological polar surface area (TPSA) is 118 Å². The fourth-order valence-electron chi connectivity index (χ4n) is 7.23. The Balaban J connectivity index is 1.36. The number of nitrogens with one attached hydrogen (secondary N) is 1. The van der Waals surface area contributed by atoms with Gasteiger partial charge in [0.05, 0.1) is 40.1 Å². The normalized spacial score (nSPS) is 13.4. The predicted molar refractivity (Wildman–Crippen MR) is 193 cm³/mol. The van der Waals surface area contributed by atoms with Crippen molar-refractivity contribution >= 4 is 62.6 Å². The van der Waals surface area contributed by atoms with Gasteiger partial charge in [0.1, 0.15) is 11.4 Å². The molecule has 7 rings (SSSR count). The summed E-state index contributed by atoms with van der Waals surface area (Å²) in [7, 11) is 1.76. The molecule has 3 aromatic carbocycles. The van der Waals surface area contributed by atoms with E-state index in [4.69, 9.17) is 27.9 Å². The molecule has 10 nitrogen and oxygen atoms in total. The summed E-state index contributed by atoms with van der Waals surface area (Å²) >= 11 is 13.4. The van der Waals surface area contributed by atoms with E-state index in [-0.39, 0.29) is 11.5 Å². The summed E-state index contributed by atoms with van der Waals surface area (Å²) < 4.78 is 9.91. The minimum absolute atomic E-state index is 0.100. The van der Waals surface area contributed by atoms with Crippen LogP contribution in [0.25, 0.3) is 32.9 Å². The molecule has 0 fully saturated rings. The Morgan fingerprint density at radius 2 is 1.78 bits per heavy atom. The van der Waals surface area contributed by atoms with Gasteiger partial charge in [-0.1, -0.05) is 29.3 Å². The van der Waals surface area contributed by atoms with Gasteiger partial charge in [0.15, 0.2) is 0 Å². The van der Waals surface area contributed by atoms with E-state index in [0.29, 0.717) is 66.3 Å². The van der Waals surface area contributed by atoms with Crippen LogP contribution < -0.4 is 9.64 Å². The Morgan fingerprint density at radius 3 is 2.47 bits per heavy atom. The van der Waals surface area contributed by atoms with Crippen molar-refractivity contribution in [2.75, 3.05) is 18.1 Å². The van der Waals surface area contributed by atoms with Crippen LogP contribution in [-0.2, 0) is 20.0 Å². The average Bonchev–Trinajstić information content (AvgIpc) is 3.67. The maximum atomic E-state index is 14.9. The van der Waals surface area contributed by atoms with Crippen molar-refractivity contribution in [2.24, 2.45) is 7.05 Å². The number of hydrogen-bond acceptors (Lipinski definition) is 5. The highest BCUT2D eigenvalue weighted by atomic mass is 35.5. The van der Waals surface area contributed by atoms with Gasteiger partial charge < -0.3 is 19.3 Å². The van der Waals surface area contributed by atoms with Crippen LogP contribution in [0.5, 0.6) is 5.75 Å². The molecule has 0 aliphatic carbocycles. The number of carbonyl (C=O) groups is 2. The Hall–Kier alpha value is -4.80. The summed E-state index contributed by atoms with van der Waals surface area (Å²) in [5, 5.41) is 24.7. The highest BCUT2D eigenvalue weighted by molar-refractivity contribution is 6.35. The fourth-order valence-corrected chi connectivity index (χ4v) is 7.58. The van der Waals surface area contributed by atoms with Crippen LogP contribution in [0.3, 0.4) is 0 Å². The number of carboxylic acid groups (broad SMARTS) is 1. The number of amides is 1.